The third-order valence-electron chi connectivity index (χ3n) is 9.21. The van der Waals surface area contributed by atoms with Gasteiger partial charge >= 0.3 is 5.69 Å². The van der Waals surface area contributed by atoms with Gasteiger partial charge in [-0.1, -0.05) is 29.8 Å². The number of piperazine rings is 2. The topological polar surface area (TPSA) is 64.9 Å². The average molecular weight is 748 g/mol. The van der Waals surface area contributed by atoms with E-state index >= 15 is 4.39 Å². The van der Waals surface area contributed by atoms with Gasteiger partial charge in [0.15, 0.2) is 0 Å². The third-order valence-corrected chi connectivity index (χ3v) is 11.0. The minimum absolute atomic E-state index is 0. The summed E-state index contributed by atoms with van der Waals surface area (Å²) in [4.78, 5) is 39.4. The molecule has 0 N–H and O–H groups in total. The van der Waals surface area contributed by atoms with E-state index in [0.29, 0.717) is 84.8 Å². The molecular formula is C32H36Cl2F4N6O2S2. The minimum atomic E-state index is -2.40. The van der Waals surface area contributed by atoms with Crippen molar-refractivity contribution >= 4 is 71.1 Å². The lowest BCUT2D eigenvalue weighted by Crippen LogP contribution is -2.58. The molecule has 4 heterocycles. The van der Waals surface area contributed by atoms with Crippen LogP contribution in [-0.2, 0) is 4.79 Å². The number of carbonyl (C=O) groups excluding carboxylic acids is 1. The lowest BCUT2D eigenvalue weighted by atomic mass is 10.0. The van der Waals surface area contributed by atoms with Gasteiger partial charge in [0.05, 0.1) is 28.1 Å². The SMILES string of the molecule is C=CC(=O)N1C[C@H](C)N(c2nc(=O)n3c4c(c(-c5cc(Cl)c(F)cc5F)c(Cl)cc24)SC[C@@H]3CN2CCN(CC(F)F)CC2)C[C@H]1C.S. The fourth-order valence-electron chi connectivity index (χ4n) is 6.87. The molecule has 1 aromatic heterocycles. The molecule has 3 aliphatic heterocycles. The average Bonchev–Trinajstić information content (AvgIpc) is 3.02. The number of nitrogens with zero attached hydrogens (tertiary/aromatic N) is 6. The standard InChI is InChI=1S/C32H34Cl2F4N6O2S.H2S/c1-4-27(45)42-12-18(3)43(13-17(42)2)31-21-10-23(34)28(20-9-22(33)25(36)11-24(20)35)30-29(21)44(32(46)39-31)19(16-47-30)14-40-5-7-41(8-6-40)15-26(37)38;/h4,9-11,17-19,26H,1,5-8,12-16H2,2-3H3;1H2/t17-,18+,19+;/m1./s1. The molecule has 3 atom stereocenters. The summed E-state index contributed by atoms with van der Waals surface area (Å²) >= 11 is 14.4. The van der Waals surface area contributed by atoms with Crippen LogP contribution in [0.4, 0.5) is 23.4 Å². The number of amides is 1. The molecule has 0 radical (unpaired) electrons. The first kappa shape index (κ1) is 36.8. The molecule has 48 heavy (non-hydrogen) atoms. The fraction of sp³-hybridized carbons (Fsp3) is 0.469. The van der Waals surface area contributed by atoms with E-state index in [-0.39, 0.29) is 59.7 Å². The van der Waals surface area contributed by atoms with Crippen LogP contribution in [0.5, 0.6) is 0 Å². The minimum Gasteiger partial charge on any atom is -0.349 e. The zero-order chi connectivity index (χ0) is 33.7. The smallest absolute Gasteiger partial charge is 0.349 e. The predicted octanol–water partition coefficient (Wildman–Crippen LogP) is 5.90. The van der Waals surface area contributed by atoms with Gasteiger partial charge in [-0.3, -0.25) is 19.2 Å². The highest BCUT2D eigenvalue weighted by atomic mass is 35.5. The van der Waals surface area contributed by atoms with Gasteiger partial charge < -0.3 is 9.80 Å². The molecule has 2 saturated heterocycles. The Kier molecular flexibility index (Phi) is 11.3. The Morgan fingerprint density at radius 3 is 2.40 bits per heavy atom. The van der Waals surface area contributed by atoms with E-state index in [1.807, 2.05) is 18.7 Å². The molecule has 2 aromatic carbocycles. The fourth-order valence-corrected chi connectivity index (χ4v) is 8.72. The van der Waals surface area contributed by atoms with Crippen LogP contribution in [0.3, 0.4) is 0 Å². The van der Waals surface area contributed by atoms with E-state index in [4.69, 9.17) is 23.2 Å². The summed E-state index contributed by atoms with van der Waals surface area (Å²) in [6.45, 7) is 10.6. The van der Waals surface area contributed by atoms with Crippen LogP contribution < -0.4 is 10.6 Å². The highest BCUT2D eigenvalue weighted by molar-refractivity contribution is 7.99. The van der Waals surface area contributed by atoms with E-state index < -0.39 is 23.7 Å². The molecule has 0 unspecified atom stereocenters. The van der Waals surface area contributed by atoms with Gasteiger partial charge in [-0.25, -0.2) is 22.4 Å². The van der Waals surface area contributed by atoms with Gasteiger partial charge in [0.2, 0.25) is 5.91 Å². The number of anilines is 1. The zero-order valence-corrected chi connectivity index (χ0v) is 29.7. The van der Waals surface area contributed by atoms with Gasteiger partial charge in [-0.15, -0.1) is 11.8 Å². The van der Waals surface area contributed by atoms with E-state index in [2.05, 4.69) is 16.5 Å². The summed E-state index contributed by atoms with van der Waals surface area (Å²) in [5.41, 5.74) is 0.345. The molecule has 0 saturated carbocycles. The Morgan fingerprint density at radius 2 is 1.73 bits per heavy atom. The molecule has 0 aliphatic carbocycles. The Bertz CT molecular complexity index is 1790. The summed E-state index contributed by atoms with van der Waals surface area (Å²) in [6.07, 6.45) is -1.12. The third kappa shape index (κ3) is 6.93. The molecule has 16 heteroatoms. The van der Waals surface area contributed by atoms with Crippen molar-refractivity contribution in [1.29, 1.82) is 0 Å². The lowest BCUT2D eigenvalue weighted by molar-refractivity contribution is -0.128. The normalized spacial score (nSPS) is 21.9. The second kappa shape index (κ2) is 14.8. The Balaban J connectivity index is 0.00000451. The summed E-state index contributed by atoms with van der Waals surface area (Å²) in [7, 11) is 0. The van der Waals surface area contributed by atoms with Crippen LogP contribution in [0.1, 0.15) is 19.9 Å². The number of carbonyl (C=O) groups is 1. The van der Waals surface area contributed by atoms with Crippen LogP contribution >= 0.6 is 48.5 Å². The molecule has 6 rings (SSSR count). The second-order valence-electron chi connectivity index (χ2n) is 12.3. The molecule has 1 amide bonds. The number of hydrogen-bond donors (Lipinski definition) is 0. The van der Waals surface area contributed by atoms with Crippen molar-refractivity contribution in [2.45, 2.75) is 43.3 Å². The number of hydrogen-bond acceptors (Lipinski definition) is 7. The van der Waals surface area contributed by atoms with E-state index in [0.717, 1.165) is 0 Å². The molecule has 0 bridgehead atoms. The molecule has 8 nitrogen and oxygen atoms in total. The number of thioether (sulfide) groups is 1. The molecule has 2 fully saturated rings. The maximum atomic E-state index is 15.3. The van der Waals surface area contributed by atoms with Crippen molar-refractivity contribution in [2.75, 3.05) is 63.0 Å². The van der Waals surface area contributed by atoms with E-state index in [1.54, 1.807) is 20.4 Å². The maximum absolute atomic E-state index is 15.3. The molecule has 3 aliphatic rings. The van der Waals surface area contributed by atoms with Crippen LogP contribution in [0.15, 0.2) is 40.5 Å². The summed E-state index contributed by atoms with van der Waals surface area (Å²) in [5.74, 6) is -1.10. The molecule has 3 aromatic rings. The summed E-state index contributed by atoms with van der Waals surface area (Å²) in [5, 5.41) is 0.505. The second-order valence-corrected chi connectivity index (χ2v) is 14.1. The van der Waals surface area contributed by atoms with Gasteiger partial charge in [0.25, 0.3) is 6.43 Å². The zero-order valence-electron chi connectivity index (χ0n) is 26.4. The van der Waals surface area contributed by atoms with Gasteiger partial charge in [0.1, 0.15) is 17.5 Å². The summed E-state index contributed by atoms with van der Waals surface area (Å²) < 4.78 is 57.1. The lowest BCUT2D eigenvalue weighted by Gasteiger charge is -2.45. The van der Waals surface area contributed by atoms with Gasteiger partial charge in [-0.2, -0.15) is 18.5 Å². The van der Waals surface area contributed by atoms with E-state index in [1.165, 1.54) is 23.9 Å². The molecule has 260 valence electrons. The van der Waals surface area contributed by atoms with Crippen molar-refractivity contribution in [3.8, 4) is 11.1 Å². The number of halogens is 6. The Hall–Kier alpha value is -2.49. The highest BCUT2D eigenvalue weighted by Gasteiger charge is 2.36. The first-order valence-corrected chi connectivity index (χ1v) is 17.1. The van der Waals surface area contributed by atoms with Crippen LogP contribution in [0, 0.1) is 11.6 Å². The number of benzene rings is 2. The first-order valence-electron chi connectivity index (χ1n) is 15.4. The molecular weight excluding hydrogens is 711 g/mol. The van der Waals surface area contributed by atoms with Crippen LogP contribution in [0.25, 0.3) is 22.0 Å². The molecule has 0 spiro atoms. The van der Waals surface area contributed by atoms with Gasteiger partial charge in [-0.05, 0) is 32.1 Å². The van der Waals surface area contributed by atoms with Crippen molar-refractivity contribution in [3.63, 3.8) is 0 Å². The quantitative estimate of drug-likeness (QED) is 0.170. The van der Waals surface area contributed by atoms with Gasteiger partial charge in [0, 0.05) is 91.1 Å². The van der Waals surface area contributed by atoms with Crippen molar-refractivity contribution in [3.05, 3.63) is 63.0 Å². The highest BCUT2D eigenvalue weighted by Crippen LogP contribution is 2.49. The maximum Gasteiger partial charge on any atom is 0.350 e. The number of rotatable bonds is 7. The predicted molar refractivity (Wildman–Crippen MR) is 189 cm³/mol. The van der Waals surface area contributed by atoms with Crippen molar-refractivity contribution in [1.82, 2.24) is 24.3 Å². The summed E-state index contributed by atoms with van der Waals surface area (Å²) in [6, 6.07) is 2.82. The number of aromatic nitrogens is 2. The van der Waals surface area contributed by atoms with E-state index in [9.17, 15) is 22.8 Å². The first-order chi connectivity index (χ1) is 22.4. The Morgan fingerprint density at radius 1 is 1.04 bits per heavy atom. The van der Waals surface area contributed by atoms with Crippen LogP contribution in [-0.4, -0.2) is 107 Å². The largest absolute Gasteiger partial charge is 0.350 e. The monoisotopic (exact) mass is 746 g/mol. The number of alkyl halides is 2. The van der Waals surface area contributed by atoms with Crippen LogP contribution in [0.2, 0.25) is 10.0 Å². The Labute approximate surface area is 297 Å². The van der Waals surface area contributed by atoms with Crippen molar-refractivity contribution in [2.24, 2.45) is 0 Å². The van der Waals surface area contributed by atoms with Crippen molar-refractivity contribution < 1.29 is 22.4 Å².